The monoisotopic (exact) mass is 724 g/mol. The number of anilines is 3. The lowest BCUT2D eigenvalue weighted by Gasteiger charge is -2.32. The maximum absolute atomic E-state index is 14.6. The fourth-order valence-electron chi connectivity index (χ4n) is 7.39. The van der Waals surface area contributed by atoms with E-state index in [9.17, 15) is 24.4 Å². The van der Waals surface area contributed by atoms with Gasteiger partial charge in [0.05, 0.1) is 25.9 Å². The molecule has 50 heavy (non-hydrogen) atoms. The van der Waals surface area contributed by atoms with Gasteiger partial charge in [0.25, 0.3) is 0 Å². The molecule has 0 bridgehead atoms. The molecule has 1 saturated heterocycles. The standard InChI is InChI=1S/C33H57N8O8P/c1-8-47-30(43)23(14-18(3)4)39-50(46,40-24(15-19(5)6)31(44)48-9-2)49-17-21-20(7)25-22(33(25,45)27(21)42)16-36-26-28(34)37-32(35)38-29(26)41-12-10-11-13-41/h16,18-25,27,42,45H,8-15,17H2,1-7H3,(H2,39,40,46)(H4,34,35,37,38)/b36-16-/t20?,21?,22?,23-,24-,25?,27?,33?/m0/s1. The summed E-state index contributed by atoms with van der Waals surface area (Å²) in [6.45, 7) is 14.5. The summed E-state index contributed by atoms with van der Waals surface area (Å²) in [5, 5.41) is 28.9. The average Bonchev–Trinajstić information content (AvgIpc) is 3.28. The molecule has 0 amide bonds. The van der Waals surface area contributed by atoms with E-state index in [2.05, 4.69) is 30.0 Å². The molecule has 1 aromatic heterocycles. The molecule has 3 fully saturated rings. The third-order valence-corrected chi connectivity index (χ3v) is 11.6. The number of nitrogens with two attached hydrogens (primary N) is 2. The number of nitrogens with one attached hydrogen (secondary N) is 2. The molecule has 8 N–H and O–H groups in total. The Labute approximate surface area is 295 Å². The first-order chi connectivity index (χ1) is 23.6. The molecular weight excluding hydrogens is 667 g/mol. The molecule has 282 valence electrons. The number of hydrogen-bond donors (Lipinski definition) is 6. The first-order valence-corrected chi connectivity index (χ1v) is 19.4. The highest BCUT2D eigenvalue weighted by Gasteiger charge is 2.76. The molecule has 6 unspecified atom stereocenters. The molecule has 8 atom stereocenters. The van der Waals surface area contributed by atoms with E-state index < -0.39 is 55.2 Å². The molecule has 0 radical (unpaired) electrons. The van der Waals surface area contributed by atoms with Crippen LogP contribution < -0.4 is 26.5 Å². The van der Waals surface area contributed by atoms with Gasteiger partial charge in [0.15, 0.2) is 11.6 Å². The third-order valence-electron chi connectivity index (χ3n) is 9.80. The van der Waals surface area contributed by atoms with Gasteiger partial charge in [-0.25, -0.2) is 10.2 Å². The van der Waals surface area contributed by atoms with E-state index in [1.54, 1.807) is 20.1 Å². The first-order valence-electron chi connectivity index (χ1n) is 17.8. The van der Waals surface area contributed by atoms with Crippen LogP contribution in [-0.2, 0) is 28.2 Å². The number of fused-ring (bicyclic) bond motifs is 1. The van der Waals surface area contributed by atoms with Crippen LogP contribution in [0.1, 0.15) is 74.1 Å². The number of carbonyl (C=O) groups excluding carboxylic acids is 2. The van der Waals surface area contributed by atoms with Crippen molar-refractivity contribution < 1.29 is 38.4 Å². The Morgan fingerprint density at radius 1 is 1.04 bits per heavy atom. The second-order valence-corrected chi connectivity index (χ2v) is 16.4. The van der Waals surface area contributed by atoms with E-state index in [-0.39, 0.29) is 68.1 Å². The van der Waals surface area contributed by atoms with Gasteiger partial charge in [-0.2, -0.15) is 9.97 Å². The van der Waals surface area contributed by atoms with Crippen LogP contribution in [0.3, 0.4) is 0 Å². The van der Waals surface area contributed by atoms with Crippen LogP contribution in [0.5, 0.6) is 0 Å². The molecule has 17 heteroatoms. The Bertz CT molecular complexity index is 1390. The summed E-state index contributed by atoms with van der Waals surface area (Å²) < 4.78 is 31.2. The van der Waals surface area contributed by atoms with E-state index >= 15 is 0 Å². The molecule has 4 rings (SSSR count). The number of nitrogen functional groups attached to an aromatic ring is 2. The van der Waals surface area contributed by atoms with Crippen molar-refractivity contribution in [2.24, 2.45) is 40.5 Å². The largest absolute Gasteiger partial charge is 0.465 e. The van der Waals surface area contributed by atoms with Crippen molar-refractivity contribution in [2.45, 2.75) is 97.9 Å². The zero-order valence-corrected chi connectivity index (χ0v) is 31.3. The van der Waals surface area contributed by atoms with E-state index in [1.165, 1.54) is 0 Å². The lowest BCUT2D eigenvalue weighted by atomic mass is 9.89. The van der Waals surface area contributed by atoms with Gasteiger partial charge in [-0.1, -0.05) is 34.6 Å². The van der Waals surface area contributed by atoms with Gasteiger partial charge in [-0.05, 0) is 57.3 Å². The van der Waals surface area contributed by atoms with Crippen LogP contribution in [-0.4, -0.2) is 95.0 Å². The molecule has 1 aliphatic heterocycles. The summed E-state index contributed by atoms with van der Waals surface area (Å²) in [4.78, 5) is 41.0. The molecule has 1 aromatic rings. The molecular formula is C33H57N8O8P. The van der Waals surface area contributed by atoms with E-state index in [4.69, 9.17) is 25.5 Å². The maximum atomic E-state index is 14.6. The highest BCUT2D eigenvalue weighted by Crippen LogP contribution is 2.65. The molecule has 2 saturated carbocycles. The maximum Gasteiger partial charge on any atom is 0.342 e. The van der Waals surface area contributed by atoms with Crippen molar-refractivity contribution in [1.29, 1.82) is 0 Å². The molecule has 0 aromatic carbocycles. The summed E-state index contributed by atoms with van der Waals surface area (Å²) in [5.41, 5.74) is 10.9. The minimum Gasteiger partial charge on any atom is -0.465 e. The Morgan fingerprint density at radius 2 is 1.58 bits per heavy atom. The van der Waals surface area contributed by atoms with Crippen LogP contribution in [0.4, 0.5) is 23.3 Å². The van der Waals surface area contributed by atoms with Gasteiger partial charge >= 0.3 is 19.6 Å². The minimum atomic E-state index is -4.19. The quantitative estimate of drug-likeness (QED) is 0.0725. The fourth-order valence-corrected chi connectivity index (χ4v) is 9.24. The van der Waals surface area contributed by atoms with Crippen LogP contribution in [0.25, 0.3) is 0 Å². The van der Waals surface area contributed by atoms with Gasteiger partial charge < -0.3 is 40.6 Å². The number of hydrogen-bond acceptors (Lipinski definition) is 14. The molecule has 3 aliphatic rings. The van der Waals surface area contributed by atoms with E-state index in [1.807, 2.05) is 34.6 Å². The zero-order valence-electron chi connectivity index (χ0n) is 30.4. The first kappa shape index (κ1) is 39.9. The van der Waals surface area contributed by atoms with Crippen molar-refractivity contribution in [3.63, 3.8) is 0 Å². The summed E-state index contributed by atoms with van der Waals surface area (Å²) in [6.07, 6.45) is 2.92. The Morgan fingerprint density at radius 3 is 2.04 bits per heavy atom. The lowest BCUT2D eigenvalue weighted by Crippen LogP contribution is -2.46. The molecule has 2 heterocycles. The van der Waals surface area contributed by atoms with Crippen molar-refractivity contribution in [2.75, 3.05) is 49.3 Å². The van der Waals surface area contributed by atoms with E-state index in [0.717, 1.165) is 25.9 Å². The third kappa shape index (κ3) is 8.94. The predicted octanol–water partition coefficient (Wildman–Crippen LogP) is 2.81. The lowest BCUT2D eigenvalue weighted by molar-refractivity contribution is -0.146. The van der Waals surface area contributed by atoms with E-state index in [0.29, 0.717) is 11.5 Å². The number of aliphatic hydroxyl groups excluding tert-OH is 1. The average molecular weight is 725 g/mol. The van der Waals surface area contributed by atoms with Crippen LogP contribution in [0.15, 0.2) is 4.99 Å². The van der Waals surface area contributed by atoms with Crippen LogP contribution >= 0.6 is 7.67 Å². The summed E-state index contributed by atoms with van der Waals surface area (Å²) in [7, 11) is -4.19. The number of aliphatic imine (C=N–C) groups is 1. The fraction of sp³-hybridized carbons (Fsp3) is 0.788. The molecule has 0 spiro atoms. The van der Waals surface area contributed by atoms with Crippen molar-refractivity contribution in [3.8, 4) is 0 Å². The smallest absolute Gasteiger partial charge is 0.342 e. The van der Waals surface area contributed by atoms with Gasteiger partial charge in [0.1, 0.15) is 23.4 Å². The van der Waals surface area contributed by atoms with Crippen LogP contribution in [0.2, 0.25) is 0 Å². The number of ether oxygens (including phenoxy) is 2. The Balaban J connectivity index is 1.54. The second kappa shape index (κ2) is 16.6. The van der Waals surface area contributed by atoms with Gasteiger partial charge in [0.2, 0.25) is 5.95 Å². The highest BCUT2D eigenvalue weighted by atomic mass is 31.2. The van der Waals surface area contributed by atoms with Gasteiger partial charge in [-0.3, -0.25) is 19.1 Å². The SMILES string of the molecule is CCOC(=O)[C@H](CC(C)C)NP(=O)(N[C@@H](CC(C)C)C(=O)OCC)OCC1C(C)C2C(/C=N\c3c(N)nc(N)nc3N3CCCC3)C2(O)C1O. The van der Waals surface area contributed by atoms with Crippen molar-refractivity contribution >= 4 is 49.1 Å². The number of aromatic nitrogens is 2. The topological polar surface area (TPSA) is 237 Å². The molecule has 2 aliphatic carbocycles. The summed E-state index contributed by atoms with van der Waals surface area (Å²) >= 11 is 0. The number of esters is 2. The number of rotatable bonds is 18. The highest BCUT2D eigenvalue weighted by molar-refractivity contribution is 7.54. The van der Waals surface area contributed by atoms with Crippen molar-refractivity contribution in [3.05, 3.63) is 0 Å². The van der Waals surface area contributed by atoms with Gasteiger partial charge in [0, 0.05) is 37.1 Å². The Hall–Kier alpha value is -2.88. The van der Waals surface area contributed by atoms with Gasteiger partial charge in [-0.15, -0.1) is 0 Å². The molecule has 16 nitrogen and oxygen atoms in total. The number of aliphatic hydroxyl groups is 2. The zero-order chi connectivity index (χ0) is 37.0. The number of nitrogens with zero attached hydrogens (tertiary/aromatic N) is 4. The summed E-state index contributed by atoms with van der Waals surface area (Å²) in [5.74, 6) is -2.22. The summed E-state index contributed by atoms with van der Waals surface area (Å²) in [6, 6.07) is -2.01. The van der Waals surface area contributed by atoms with Crippen LogP contribution in [0, 0.1) is 35.5 Å². The Kier molecular flexibility index (Phi) is 13.3. The second-order valence-electron chi connectivity index (χ2n) is 14.5. The van der Waals surface area contributed by atoms with Crippen molar-refractivity contribution in [1.82, 2.24) is 20.1 Å². The number of carbonyl (C=O) groups is 2. The predicted molar refractivity (Wildman–Crippen MR) is 191 cm³/mol. The normalized spacial score (nSPS) is 27.6. The minimum absolute atomic E-state index is 0.0279.